The Morgan fingerprint density at radius 3 is 2.61 bits per heavy atom. The lowest BCUT2D eigenvalue weighted by Gasteiger charge is -2.31. The molecule has 172 valence electrons. The highest BCUT2D eigenvalue weighted by Crippen LogP contribution is 2.26. The number of halogens is 1. The molecule has 0 saturated carbocycles. The maximum Gasteiger partial charge on any atom is 0.270 e. The smallest absolute Gasteiger partial charge is 0.270 e. The van der Waals surface area contributed by atoms with E-state index in [4.69, 9.17) is 16.0 Å². The van der Waals surface area contributed by atoms with Crippen LogP contribution in [0.4, 0.5) is 5.69 Å². The zero-order valence-electron chi connectivity index (χ0n) is 18.2. The van der Waals surface area contributed by atoms with Crippen LogP contribution in [0.15, 0.2) is 65.1 Å². The topological polar surface area (TPSA) is 88.6 Å². The van der Waals surface area contributed by atoms with Gasteiger partial charge in [-0.2, -0.15) is 0 Å². The number of ketones is 1. The van der Waals surface area contributed by atoms with Crippen LogP contribution in [0.5, 0.6) is 0 Å². The summed E-state index contributed by atoms with van der Waals surface area (Å²) in [4.78, 5) is 25.6. The van der Waals surface area contributed by atoms with Crippen molar-refractivity contribution in [2.45, 2.75) is 19.4 Å². The van der Waals surface area contributed by atoms with Gasteiger partial charge in [0.2, 0.25) is 0 Å². The first-order valence-electron chi connectivity index (χ1n) is 11.1. The molecule has 33 heavy (non-hydrogen) atoms. The minimum absolute atomic E-state index is 0.0437. The molecule has 0 aliphatic carbocycles. The summed E-state index contributed by atoms with van der Waals surface area (Å²) in [6.07, 6.45) is 1.73. The number of carbonyl (C=O) groups is 1. The van der Waals surface area contributed by atoms with E-state index in [1.54, 1.807) is 36.4 Å². The molecule has 3 aromatic rings. The van der Waals surface area contributed by atoms with Gasteiger partial charge in [-0.15, -0.1) is 0 Å². The molecular weight excluding hydrogens is 442 g/mol. The number of hydrogen-bond acceptors (Lipinski definition) is 6. The number of Topliss-reactive ketones (excluding diaryl/α,β-unsaturated/α-hetero) is 1. The molecule has 2 aromatic carbocycles. The number of nitrogens with zero attached hydrogens (tertiary/aromatic N) is 2. The molecule has 7 nitrogen and oxygen atoms in total. The van der Waals surface area contributed by atoms with Crippen LogP contribution in [0.25, 0.3) is 11.3 Å². The molecule has 4 rings (SSSR count). The zero-order valence-corrected chi connectivity index (χ0v) is 19.0. The fourth-order valence-corrected chi connectivity index (χ4v) is 4.24. The highest BCUT2D eigenvalue weighted by atomic mass is 35.5. The first-order valence-corrected chi connectivity index (χ1v) is 11.4. The van der Waals surface area contributed by atoms with Crippen LogP contribution in [0.2, 0.25) is 5.02 Å². The Morgan fingerprint density at radius 2 is 1.88 bits per heavy atom. The molecule has 1 aliphatic heterocycles. The molecule has 0 amide bonds. The maximum absolute atomic E-state index is 12.7. The van der Waals surface area contributed by atoms with Crippen LogP contribution in [0.3, 0.4) is 0 Å². The SMILES string of the molecule is O=C(c1ccc(Cl)cc1)C1CCN(CCNCc2ccc(-c3cccc([N+](=O)[O-])c3)o2)CC1. The second-order valence-electron chi connectivity index (χ2n) is 8.24. The van der Waals surface area contributed by atoms with E-state index < -0.39 is 4.92 Å². The zero-order chi connectivity index (χ0) is 23.2. The number of carbonyl (C=O) groups excluding carboxylic acids is 1. The van der Waals surface area contributed by atoms with Gasteiger partial charge in [-0.25, -0.2) is 0 Å². The summed E-state index contributed by atoms with van der Waals surface area (Å²) in [6, 6.07) is 17.3. The monoisotopic (exact) mass is 467 g/mol. The summed E-state index contributed by atoms with van der Waals surface area (Å²) < 4.78 is 5.84. The van der Waals surface area contributed by atoms with Crippen LogP contribution in [-0.4, -0.2) is 41.8 Å². The molecule has 0 bridgehead atoms. The van der Waals surface area contributed by atoms with Gasteiger partial charge in [0.25, 0.3) is 5.69 Å². The van der Waals surface area contributed by atoms with Gasteiger partial charge in [0.05, 0.1) is 11.5 Å². The van der Waals surface area contributed by atoms with Crippen molar-refractivity contribution >= 4 is 23.1 Å². The largest absolute Gasteiger partial charge is 0.460 e. The number of nitro groups is 1. The minimum atomic E-state index is -0.411. The molecular formula is C25H26ClN3O4. The number of nitro benzene ring substituents is 1. The second-order valence-corrected chi connectivity index (χ2v) is 8.67. The first kappa shape index (κ1) is 23.2. The average Bonchev–Trinajstić information content (AvgIpc) is 3.31. The lowest BCUT2D eigenvalue weighted by Crippen LogP contribution is -2.39. The molecule has 2 heterocycles. The lowest BCUT2D eigenvalue weighted by atomic mass is 9.89. The number of piperidine rings is 1. The molecule has 0 spiro atoms. The first-order chi connectivity index (χ1) is 16.0. The predicted octanol–water partition coefficient (Wildman–Crippen LogP) is 5.19. The van der Waals surface area contributed by atoms with Crippen molar-refractivity contribution in [2.75, 3.05) is 26.2 Å². The third-order valence-electron chi connectivity index (χ3n) is 5.99. The number of nitrogens with one attached hydrogen (secondary N) is 1. The van der Waals surface area contributed by atoms with Crippen LogP contribution >= 0.6 is 11.6 Å². The van der Waals surface area contributed by atoms with Crippen LogP contribution in [-0.2, 0) is 6.54 Å². The molecule has 1 aliphatic rings. The number of non-ortho nitro benzene ring substituents is 1. The normalized spacial score (nSPS) is 14.9. The van der Waals surface area contributed by atoms with E-state index in [2.05, 4.69) is 10.2 Å². The van der Waals surface area contributed by atoms with E-state index in [0.29, 0.717) is 22.9 Å². The van der Waals surface area contributed by atoms with E-state index in [9.17, 15) is 14.9 Å². The molecule has 1 aromatic heterocycles. The Labute approximate surface area is 197 Å². The number of furan rings is 1. The van der Waals surface area contributed by atoms with E-state index in [0.717, 1.165) is 50.3 Å². The maximum atomic E-state index is 12.7. The van der Waals surface area contributed by atoms with Crippen LogP contribution < -0.4 is 5.32 Å². The van der Waals surface area contributed by atoms with E-state index in [-0.39, 0.29) is 17.4 Å². The standard InChI is InChI=1S/C25H26ClN3O4/c26-21-6-4-18(5-7-21)25(30)19-10-13-28(14-11-19)15-12-27-17-23-8-9-24(33-23)20-2-1-3-22(16-20)29(31)32/h1-9,16,19,27H,10-15,17H2. The van der Waals surface area contributed by atoms with Gasteiger partial charge in [-0.3, -0.25) is 14.9 Å². The number of hydrogen-bond donors (Lipinski definition) is 1. The third-order valence-corrected chi connectivity index (χ3v) is 6.25. The van der Waals surface area contributed by atoms with Gasteiger partial charge < -0.3 is 14.6 Å². The highest BCUT2D eigenvalue weighted by molar-refractivity contribution is 6.30. The summed E-state index contributed by atoms with van der Waals surface area (Å²) in [7, 11) is 0. The summed E-state index contributed by atoms with van der Waals surface area (Å²) in [5.74, 6) is 1.68. The van der Waals surface area contributed by atoms with Gasteiger partial charge in [0.15, 0.2) is 5.78 Å². The van der Waals surface area contributed by atoms with E-state index >= 15 is 0 Å². The molecule has 0 unspecified atom stereocenters. The molecule has 1 fully saturated rings. The van der Waals surface area contributed by atoms with E-state index in [1.807, 2.05) is 12.1 Å². The second kappa shape index (κ2) is 10.7. The molecule has 1 saturated heterocycles. The van der Waals surface area contributed by atoms with Crippen molar-refractivity contribution in [3.8, 4) is 11.3 Å². The Kier molecular flexibility index (Phi) is 7.54. The van der Waals surface area contributed by atoms with Crippen molar-refractivity contribution in [3.63, 3.8) is 0 Å². The van der Waals surface area contributed by atoms with Crippen molar-refractivity contribution in [2.24, 2.45) is 5.92 Å². The fraction of sp³-hybridized carbons (Fsp3) is 0.320. The third kappa shape index (κ3) is 6.07. The summed E-state index contributed by atoms with van der Waals surface area (Å²) in [5, 5.41) is 15.0. The van der Waals surface area contributed by atoms with Gasteiger partial charge in [0.1, 0.15) is 11.5 Å². The number of likely N-dealkylation sites (tertiary alicyclic amines) is 1. The summed E-state index contributed by atoms with van der Waals surface area (Å²) in [6.45, 7) is 4.11. The Bertz CT molecular complexity index is 1100. The van der Waals surface area contributed by atoms with Crippen molar-refractivity contribution in [3.05, 3.63) is 87.1 Å². The van der Waals surface area contributed by atoms with Crippen LogP contribution in [0.1, 0.15) is 29.0 Å². The molecule has 0 atom stereocenters. The predicted molar refractivity (Wildman–Crippen MR) is 127 cm³/mol. The van der Waals surface area contributed by atoms with E-state index in [1.165, 1.54) is 12.1 Å². The molecule has 1 N–H and O–H groups in total. The van der Waals surface area contributed by atoms with Gasteiger partial charge in [-0.1, -0.05) is 23.7 Å². The molecule has 8 heteroatoms. The van der Waals surface area contributed by atoms with Gasteiger partial charge >= 0.3 is 0 Å². The van der Waals surface area contributed by atoms with Crippen molar-refractivity contribution in [1.82, 2.24) is 10.2 Å². The number of benzene rings is 2. The summed E-state index contributed by atoms with van der Waals surface area (Å²) in [5.41, 5.74) is 1.47. The summed E-state index contributed by atoms with van der Waals surface area (Å²) >= 11 is 5.91. The minimum Gasteiger partial charge on any atom is -0.460 e. The Balaban J connectivity index is 1.18. The average molecular weight is 468 g/mol. The Morgan fingerprint density at radius 1 is 1.12 bits per heavy atom. The lowest BCUT2D eigenvalue weighted by molar-refractivity contribution is -0.384. The van der Waals surface area contributed by atoms with Crippen molar-refractivity contribution < 1.29 is 14.1 Å². The fourth-order valence-electron chi connectivity index (χ4n) is 4.12. The molecule has 0 radical (unpaired) electrons. The van der Waals surface area contributed by atoms with Crippen molar-refractivity contribution in [1.29, 1.82) is 0 Å². The number of rotatable bonds is 9. The Hall–Kier alpha value is -3.00. The quantitative estimate of drug-likeness (QED) is 0.201. The van der Waals surface area contributed by atoms with Gasteiger partial charge in [-0.05, 0) is 62.3 Å². The van der Waals surface area contributed by atoms with Gasteiger partial charge in [0, 0.05) is 47.3 Å². The highest BCUT2D eigenvalue weighted by Gasteiger charge is 2.25. The van der Waals surface area contributed by atoms with Crippen LogP contribution in [0, 0.1) is 16.0 Å².